The molecule has 0 aromatic rings. The molecular weight excluding hydrogens is 335 g/mol. The molecule has 1 atom stereocenters. The van der Waals surface area contributed by atoms with Crippen molar-refractivity contribution in [2.45, 2.75) is 51.2 Å². The molecule has 0 radical (unpaired) electrons. The highest BCUT2D eigenvalue weighted by Gasteiger charge is 2.30. The van der Waals surface area contributed by atoms with E-state index in [9.17, 15) is 19.4 Å². The van der Waals surface area contributed by atoms with E-state index in [1.165, 1.54) is 0 Å². The Morgan fingerprint density at radius 2 is 1.67 bits per heavy atom. The standard InChI is InChI=1S/C12H23O6PS2/c1-3-5-7-17-11(13)9-10(21-19(15,16)20)12(14)18-8-6-4-2/h10H,3-9H2,1-2H3,(H2,15,16,20). The van der Waals surface area contributed by atoms with E-state index in [1.807, 2.05) is 13.8 Å². The summed E-state index contributed by atoms with van der Waals surface area (Å²) >= 11 is 5.00. The van der Waals surface area contributed by atoms with Gasteiger partial charge in [0.15, 0.2) is 0 Å². The lowest BCUT2D eigenvalue weighted by Crippen LogP contribution is -2.25. The maximum absolute atomic E-state index is 11.9. The molecule has 0 aliphatic rings. The molecule has 0 spiro atoms. The first-order valence-electron chi connectivity index (χ1n) is 6.86. The number of carbonyl (C=O) groups is 2. The first-order chi connectivity index (χ1) is 9.80. The van der Waals surface area contributed by atoms with Crippen molar-refractivity contribution in [1.29, 1.82) is 0 Å². The zero-order valence-corrected chi connectivity index (χ0v) is 14.8. The SMILES string of the molecule is CCCCOC(=O)CC(SP(O)(O)=S)C(=O)OCCCC. The Morgan fingerprint density at radius 3 is 2.14 bits per heavy atom. The summed E-state index contributed by atoms with van der Waals surface area (Å²) in [7, 11) is 0. The van der Waals surface area contributed by atoms with Crippen molar-refractivity contribution < 1.29 is 28.8 Å². The number of hydrogen-bond acceptors (Lipinski definition) is 6. The fraction of sp³-hybridized carbons (Fsp3) is 0.833. The van der Waals surface area contributed by atoms with Crippen LogP contribution in [0.25, 0.3) is 0 Å². The van der Waals surface area contributed by atoms with Crippen LogP contribution in [-0.2, 0) is 30.9 Å². The van der Waals surface area contributed by atoms with Crippen molar-refractivity contribution in [3.05, 3.63) is 0 Å². The highest BCUT2D eigenvalue weighted by Crippen LogP contribution is 2.53. The average molecular weight is 358 g/mol. The van der Waals surface area contributed by atoms with E-state index < -0.39 is 22.9 Å². The Kier molecular flexibility index (Phi) is 11.4. The van der Waals surface area contributed by atoms with Gasteiger partial charge in [0, 0.05) is 0 Å². The quantitative estimate of drug-likeness (QED) is 0.330. The van der Waals surface area contributed by atoms with Crippen molar-refractivity contribution in [3.8, 4) is 0 Å². The van der Waals surface area contributed by atoms with Gasteiger partial charge in [-0.2, -0.15) is 0 Å². The first kappa shape index (κ1) is 20.9. The number of rotatable bonds is 11. The van der Waals surface area contributed by atoms with Crippen LogP contribution in [0.2, 0.25) is 0 Å². The molecule has 0 bridgehead atoms. The normalized spacial score (nSPS) is 12.8. The zero-order chi connectivity index (χ0) is 16.3. The molecule has 124 valence electrons. The zero-order valence-electron chi connectivity index (χ0n) is 12.3. The van der Waals surface area contributed by atoms with Crippen LogP contribution in [0.15, 0.2) is 0 Å². The van der Waals surface area contributed by atoms with Gasteiger partial charge >= 0.3 is 11.9 Å². The minimum absolute atomic E-state index is 0.233. The Labute approximate surface area is 134 Å². The smallest absolute Gasteiger partial charge is 0.320 e. The maximum atomic E-state index is 11.9. The molecule has 0 aliphatic heterocycles. The summed E-state index contributed by atoms with van der Waals surface area (Å²) in [5, 5.41) is -1.04. The number of carbonyl (C=O) groups excluding carboxylic acids is 2. The summed E-state index contributed by atoms with van der Waals surface area (Å²) in [6.45, 7) is 4.43. The monoisotopic (exact) mass is 358 g/mol. The molecule has 0 aliphatic carbocycles. The van der Waals surface area contributed by atoms with E-state index in [0.29, 0.717) is 17.8 Å². The van der Waals surface area contributed by atoms with Gasteiger partial charge in [-0.05, 0) is 24.6 Å². The van der Waals surface area contributed by atoms with Crippen LogP contribution in [0.4, 0.5) is 0 Å². The average Bonchev–Trinajstić information content (AvgIpc) is 2.37. The van der Waals surface area contributed by atoms with E-state index in [0.717, 1.165) is 19.3 Å². The minimum atomic E-state index is -3.66. The lowest BCUT2D eigenvalue weighted by atomic mass is 10.3. The van der Waals surface area contributed by atoms with Crippen molar-refractivity contribution in [3.63, 3.8) is 0 Å². The van der Waals surface area contributed by atoms with Crippen LogP contribution in [0.3, 0.4) is 0 Å². The predicted molar refractivity (Wildman–Crippen MR) is 86.5 cm³/mol. The Balaban J connectivity index is 4.47. The van der Waals surface area contributed by atoms with Crippen LogP contribution in [-0.4, -0.2) is 40.2 Å². The van der Waals surface area contributed by atoms with Gasteiger partial charge in [0.25, 0.3) is 0 Å². The van der Waals surface area contributed by atoms with Crippen LogP contribution < -0.4 is 0 Å². The van der Waals surface area contributed by atoms with E-state index in [1.54, 1.807) is 0 Å². The van der Waals surface area contributed by atoms with Crippen LogP contribution in [0.1, 0.15) is 46.0 Å². The number of esters is 2. The molecule has 0 heterocycles. The van der Waals surface area contributed by atoms with Crippen LogP contribution in [0, 0.1) is 0 Å². The van der Waals surface area contributed by atoms with Crippen molar-refractivity contribution in [2.75, 3.05) is 13.2 Å². The maximum Gasteiger partial charge on any atom is 0.320 e. The highest BCUT2D eigenvalue weighted by atomic mass is 32.9. The van der Waals surface area contributed by atoms with Crippen molar-refractivity contribution in [1.82, 2.24) is 0 Å². The highest BCUT2D eigenvalue weighted by molar-refractivity contribution is 8.67. The molecule has 21 heavy (non-hydrogen) atoms. The lowest BCUT2D eigenvalue weighted by Gasteiger charge is -2.17. The molecule has 0 aromatic heterocycles. The summed E-state index contributed by atoms with van der Waals surface area (Å²) < 4.78 is 9.96. The first-order valence-corrected chi connectivity index (χ1v) is 11.1. The van der Waals surface area contributed by atoms with Gasteiger partial charge in [-0.1, -0.05) is 38.1 Å². The Bertz CT molecular complexity index is 371. The van der Waals surface area contributed by atoms with Crippen LogP contribution in [0.5, 0.6) is 0 Å². The van der Waals surface area contributed by atoms with Crippen molar-refractivity contribution >= 4 is 40.8 Å². The second-order valence-electron chi connectivity index (χ2n) is 4.38. The molecular formula is C12H23O6PS2. The molecule has 0 saturated carbocycles. The van der Waals surface area contributed by atoms with Gasteiger partial charge in [0.1, 0.15) is 5.25 Å². The number of hydrogen-bond donors (Lipinski definition) is 2. The number of unbranched alkanes of at least 4 members (excludes halogenated alkanes) is 2. The summed E-state index contributed by atoms with van der Waals surface area (Å²) in [6.07, 6.45) is 2.92. The van der Waals surface area contributed by atoms with Gasteiger partial charge in [0.05, 0.1) is 19.6 Å². The second kappa shape index (κ2) is 11.4. The topological polar surface area (TPSA) is 93.1 Å². The molecule has 0 aromatic carbocycles. The predicted octanol–water partition coefficient (Wildman–Crippen LogP) is 2.37. The second-order valence-corrected chi connectivity index (χ2v) is 10.5. The Morgan fingerprint density at radius 1 is 1.14 bits per heavy atom. The molecule has 0 rings (SSSR count). The van der Waals surface area contributed by atoms with Gasteiger partial charge in [0.2, 0.25) is 5.69 Å². The summed E-state index contributed by atoms with van der Waals surface area (Å²) in [5.74, 6) is -1.24. The molecule has 6 nitrogen and oxygen atoms in total. The third kappa shape index (κ3) is 12.1. The van der Waals surface area contributed by atoms with E-state index in [4.69, 9.17) is 9.47 Å². The largest absolute Gasteiger partial charge is 0.466 e. The van der Waals surface area contributed by atoms with Crippen molar-refractivity contribution in [2.24, 2.45) is 0 Å². The van der Waals surface area contributed by atoms with Crippen LogP contribution >= 0.6 is 17.1 Å². The molecule has 0 fully saturated rings. The summed E-state index contributed by atoms with van der Waals surface area (Å²) in [5.41, 5.74) is -3.66. The van der Waals surface area contributed by atoms with Gasteiger partial charge in [-0.25, -0.2) is 0 Å². The van der Waals surface area contributed by atoms with E-state index in [2.05, 4.69) is 11.8 Å². The minimum Gasteiger partial charge on any atom is -0.466 e. The Hall–Kier alpha value is -0.140. The molecule has 9 heteroatoms. The molecule has 0 saturated heterocycles. The van der Waals surface area contributed by atoms with E-state index >= 15 is 0 Å². The fourth-order valence-electron chi connectivity index (χ4n) is 1.28. The van der Waals surface area contributed by atoms with Gasteiger partial charge in [-0.3, -0.25) is 9.59 Å². The van der Waals surface area contributed by atoms with E-state index in [-0.39, 0.29) is 19.6 Å². The number of ether oxygens (including phenoxy) is 2. The summed E-state index contributed by atoms with van der Waals surface area (Å²) in [6, 6.07) is 0. The van der Waals surface area contributed by atoms with Gasteiger partial charge < -0.3 is 19.3 Å². The third-order valence-electron chi connectivity index (χ3n) is 2.38. The third-order valence-corrected chi connectivity index (χ3v) is 5.63. The van der Waals surface area contributed by atoms with Gasteiger partial charge in [-0.15, -0.1) is 0 Å². The molecule has 2 N–H and O–H groups in total. The summed E-state index contributed by atoms with van der Waals surface area (Å²) in [4.78, 5) is 42.1. The fourth-order valence-corrected chi connectivity index (χ4v) is 4.39. The lowest BCUT2D eigenvalue weighted by molar-refractivity contribution is -0.149. The molecule has 0 amide bonds. The molecule has 1 unspecified atom stereocenters.